The Bertz CT molecular complexity index is 624. The SMILES string of the molecule is O=C1CCCCCN1S(=O)(=O)c1ccc([N+](=O)[O-])cc1. The summed E-state index contributed by atoms with van der Waals surface area (Å²) in [5.74, 6) is -0.416. The average Bonchev–Trinajstić information content (AvgIpc) is 2.64. The number of nitrogens with zero attached hydrogens (tertiary/aromatic N) is 2. The van der Waals surface area contributed by atoms with Crippen LogP contribution in [0.5, 0.6) is 0 Å². The van der Waals surface area contributed by atoms with E-state index in [1.54, 1.807) is 0 Å². The second-order valence-electron chi connectivity index (χ2n) is 4.53. The summed E-state index contributed by atoms with van der Waals surface area (Å²) in [6.07, 6.45) is 2.35. The van der Waals surface area contributed by atoms with Crippen LogP contribution in [-0.4, -0.2) is 30.1 Å². The van der Waals surface area contributed by atoms with Crippen molar-refractivity contribution in [1.82, 2.24) is 4.31 Å². The Kier molecular flexibility index (Phi) is 4.03. The lowest BCUT2D eigenvalue weighted by Gasteiger charge is -2.20. The summed E-state index contributed by atoms with van der Waals surface area (Å²) >= 11 is 0. The molecule has 0 aliphatic carbocycles. The van der Waals surface area contributed by atoms with Crippen molar-refractivity contribution >= 4 is 21.6 Å². The minimum Gasteiger partial charge on any atom is -0.274 e. The first-order chi connectivity index (χ1) is 9.43. The Morgan fingerprint density at radius 1 is 1.10 bits per heavy atom. The van der Waals surface area contributed by atoms with Crippen molar-refractivity contribution in [2.45, 2.75) is 30.6 Å². The highest BCUT2D eigenvalue weighted by molar-refractivity contribution is 7.89. The molecule has 108 valence electrons. The van der Waals surface area contributed by atoms with Crippen LogP contribution in [0.3, 0.4) is 0 Å². The Hall–Kier alpha value is -1.96. The van der Waals surface area contributed by atoms with Gasteiger partial charge >= 0.3 is 0 Å². The number of nitro benzene ring substituents is 1. The molecule has 0 bridgehead atoms. The number of hydrogen-bond donors (Lipinski definition) is 0. The van der Waals surface area contributed by atoms with Crippen molar-refractivity contribution in [3.63, 3.8) is 0 Å². The van der Waals surface area contributed by atoms with Crippen LogP contribution in [0.15, 0.2) is 29.2 Å². The fourth-order valence-electron chi connectivity index (χ4n) is 2.08. The zero-order chi connectivity index (χ0) is 14.8. The number of rotatable bonds is 3. The molecule has 2 rings (SSSR count). The molecule has 20 heavy (non-hydrogen) atoms. The van der Waals surface area contributed by atoms with E-state index in [2.05, 4.69) is 0 Å². The number of nitro groups is 1. The summed E-state index contributed by atoms with van der Waals surface area (Å²) in [5, 5.41) is 10.6. The van der Waals surface area contributed by atoms with Crippen molar-refractivity contribution in [3.05, 3.63) is 34.4 Å². The maximum atomic E-state index is 12.4. The minimum atomic E-state index is -3.92. The summed E-state index contributed by atoms with van der Waals surface area (Å²) in [6, 6.07) is 4.56. The Morgan fingerprint density at radius 2 is 1.75 bits per heavy atom. The van der Waals surface area contributed by atoms with Gasteiger partial charge in [0.05, 0.1) is 9.82 Å². The number of carbonyl (C=O) groups is 1. The van der Waals surface area contributed by atoms with E-state index in [9.17, 15) is 23.3 Å². The van der Waals surface area contributed by atoms with Gasteiger partial charge in [0.2, 0.25) is 5.91 Å². The lowest BCUT2D eigenvalue weighted by Crippen LogP contribution is -2.36. The van der Waals surface area contributed by atoms with Crippen molar-refractivity contribution in [3.8, 4) is 0 Å². The average molecular weight is 298 g/mol. The van der Waals surface area contributed by atoms with E-state index in [4.69, 9.17) is 0 Å². The molecule has 1 heterocycles. The summed E-state index contributed by atoms with van der Waals surface area (Å²) in [5.41, 5.74) is -0.189. The number of carbonyl (C=O) groups excluding carboxylic acids is 1. The number of hydrogen-bond acceptors (Lipinski definition) is 5. The molecule has 1 aliphatic heterocycles. The van der Waals surface area contributed by atoms with Crippen molar-refractivity contribution in [2.24, 2.45) is 0 Å². The quantitative estimate of drug-likeness (QED) is 0.624. The highest BCUT2D eigenvalue weighted by Crippen LogP contribution is 2.23. The fraction of sp³-hybridized carbons (Fsp3) is 0.417. The van der Waals surface area contributed by atoms with Crippen LogP contribution in [0.4, 0.5) is 5.69 Å². The summed E-state index contributed by atoms with van der Waals surface area (Å²) < 4.78 is 25.6. The molecule has 1 amide bonds. The van der Waals surface area contributed by atoms with Crippen LogP contribution in [0, 0.1) is 10.1 Å². The van der Waals surface area contributed by atoms with Gasteiger partial charge in [-0.25, -0.2) is 12.7 Å². The van der Waals surface area contributed by atoms with Gasteiger partial charge in [-0.05, 0) is 25.0 Å². The van der Waals surface area contributed by atoms with E-state index in [0.717, 1.165) is 35.0 Å². The molecule has 7 nitrogen and oxygen atoms in total. The largest absolute Gasteiger partial charge is 0.274 e. The molecule has 0 N–H and O–H groups in total. The van der Waals surface area contributed by atoms with Crippen LogP contribution >= 0.6 is 0 Å². The number of sulfonamides is 1. The van der Waals surface area contributed by atoms with Crippen LogP contribution in [0.1, 0.15) is 25.7 Å². The van der Waals surface area contributed by atoms with Crippen molar-refractivity contribution < 1.29 is 18.1 Å². The highest BCUT2D eigenvalue weighted by Gasteiger charge is 2.30. The standard InChI is InChI=1S/C12H14N2O5S/c15-12-4-2-1-3-9-13(12)20(18,19)11-7-5-10(6-8-11)14(16)17/h5-8H,1-4,9H2. The molecular weight excluding hydrogens is 284 g/mol. The van der Waals surface area contributed by atoms with Crippen LogP contribution in [0.2, 0.25) is 0 Å². The fourth-order valence-corrected chi connectivity index (χ4v) is 3.54. The van der Waals surface area contributed by atoms with Gasteiger partial charge in [-0.15, -0.1) is 0 Å². The maximum Gasteiger partial charge on any atom is 0.269 e. The predicted octanol–water partition coefficient (Wildman–Crippen LogP) is 1.69. The molecule has 1 fully saturated rings. The van der Waals surface area contributed by atoms with Gasteiger partial charge in [0.1, 0.15) is 0 Å². The number of non-ortho nitro benzene ring substituents is 1. The Balaban J connectivity index is 2.33. The molecule has 0 unspecified atom stereocenters. The molecule has 1 saturated heterocycles. The van der Waals surface area contributed by atoms with Crippen LogP contribution in [0.25, 0.3) is 0 Å². The maximum absolute atomic E-state index is 12.4. The molecule has 1 aliphatic rings. The first kappa shape index (κ1) is 14.4. The summed E-state index contributed by atoms with van der Waals surface area (Å²) in [7, 11) is -3.92. The predicted molar refractivity (Wildman–Crippen MR) is 70.5 cm³/mol. The second-order valence-corrected chi connectivity index (χ2v) is 6.39. The molecule has 0 atom stereocenters. The van der Waals surface area contributed by atoms with Gasteiger partial charge in [-0.1, -0.05) is 6.42 Å². The normalized spacial score (nSPS) is 16.8. The van der Waals surface area contributed by atoms with Gasteiger partial charge in [0.15, 0.2) is 0 Å². The lowest BCUT2D eigenvalue weighted by molar-refractivity contribution is -0.384. The zero-order valence-corrected chi connectivity index (χ0v) is 11.5. The van der Waals surface area contributed by atoms with Crippen molar-refractivity contribution in [1.29, 1.82) is 0 Å². The molecule has 0 spiro atoms. The summed E-state index contributed by atoms with van der Waals surface area (Å²) in [6.45, 7) is 0.165. The van der Waals surface area contributed by atoms with Crippen LogP contribution in [-0.2, 0) is 14.8 Å². The number of benzene rings is 1. The Morgan fingerprint density at radius 3 is 2.35 bits per heavy atom. The van der Waals surface area contributed by atoms with E-state index in [-0.39, 0.29) is 23.5 Å². The van der Waals surface area contributed by atoms with E-state index in [1.807, 2.05) is 0 Å². The smallest absolute Gasteiger partial charge is 0.269 e. The molecular formula is C12H14N2O5S. The Labute approximate surface area is 116 Å². The monoisotopic (exact) mass is 298 g/mol. The minimum absolute atomic E-state index is 0.0987. The molecule has 0 saturated carbocycles. The molecule has 1 aromatic rings. The van der Waals surface area contributed by atoms with E-state index >= 15 is 0 Å². The van der Waals surface area contributed by atoms with Gasteiger partial charge in [-0.2, -0.15) is 0 Å². The van der Waals surface area contributed by atoms with Gasteiger partial charge in [0, 0.05) is 25.1 Å². The van der Waals surface area contributed by atoms with Gasteiger partial charge < -0.3 is 0 Å². The van der Waals surface area contributed by atoms with E-state index < -0.39 is 20.9 Å². The second kappa shape index (κ2) is 5.58. The van der Waals surface area contributed by atoms with Gasteiger partial charge in [-0.3, -0.25) is 14.9 Å². The molecule has 0 radical (unpaired) electrons. The van der Waals surface area contributed by atoms with E-state index in [0.29, 0.717) is 12.8 Å². The number of amides is 1. The molecule has 1 aromatic carbocycles. The first-order valence-electron chi connectivity index (χ1n) is 6.23. The molecule has 0 aromatic heterocycles. The highest BCUT2D eigenvalue weighted by atomic mass is 32.2. The summed E-state index contributed by atoms with van der Waals surface area (Å²) in [4.78, 5) is 21.7. The third-order valence-electron chi connectivity index (χ3n) is 3.17. The van der Waals surface area contributed by atoms with Crippen molar-refractivity contribution in [2.75, 3.05) is 6.54 Å². The lowest BCUT2D eigenvalue weighted by atomic mass is 10.2. The third-order valence-corrected chi connectivity index (χ3v) is 5.00. The third kappa shape index (κ3) is 2.79. The zero-order valence-electron chi connectivity index (χ0n) is 10.7. The molecule has 8 heteroatoms. The first-order valence-corrected chi connectivity index (χ1v) is 7.67. The topological polar surface area (TPSA) is 97.6 Å². The van der Waals surface area contributed by atoms with Crippen LogP contribution < -0.4 is 0 Å². The van der Waals surface area contributed by atoms with Gasteiger partial charge in [0.25, 0.3) is 15.7 Å². The van der Waals surface area contributed by atoms with E-state index in [1.165, 1.54) is 0 Å².